The molecule has 0 aliphatic carbocycles. The Labute approximate surface area is 114 Å². The molecular weight excluding hydrogens is 252 g/mol. The molecule has 0 fully saturated rings. The fourth-order valence-corrected chi connectivity index (χ4v) is 2.65. The van der Waals surface area contributed by atoms with Crippen molar-refractivity contribution in [3.63, 3.8) is 0 Å². The van der Waals surface area contributed by atoms with Gasteiger partial charge in [0.15, 0.2) is 0 Å². The molecule has 4 aromatic rings. The van der Waals surface area contributed by atoms with Crippen LogP contribution in [0.25, 0.3) is 32.6 Å². The Balaban J connectivity index is 2.27. The van der Waals surface area contributed by atoms with Crippen LogP contribution in [0.15, 0.2) is 36.7 Å². The van der Waals surface area contributed by atoms with Crippen LogP contribution in [0.1, 0.15) is 0 Å². The number of hydrogen-bond donors (Lipinski definition) is 2. The summed E-state index contributed by atoms with van der Waals surface area (Å²) in [5.74, 6) is 0.811. The monoisotopic (exact) mass is 264 g/mol. The second-order valence-electron chi connectivity index (χ2n) is 4.73. The second-order valence-corrected chi connectivity index (χ2v) is 4.73. The molecule has 0 aliphatic rings. The number of aromatic nitrogens is 3. The third-order valence-corrected chi connectivity index (χ3v) is 3.61. The lowest BCUT2D eigenvalue weighted by atomic mass is 10.0. The highest BCUT2D eigenvalue weighted by Gasteiger charge is 2.11. The van der Waals surface area contributed by atoms with Gasteiger partial charge in [-0.25, -0.2) is 0 Å². The van der Waals surface area contributed by atoms with Crippen molar-refractivity contribution in [3.8, 4) is 5.75 Å². The molecule has 98 valence electrons. The van der Waals surface area contributed by atoms with E-state index < -0.39 is 0 Å². The Morgan fingerprint density at radius 1 is 1.15 bits per heavy atom. The summed E-state index contributed by atoms with van der Waals surface area (Å²) in [5, 5.41) is 11.2. The SMILES string of the molecule is COc1ccc2c(cnc3c(N)cc4[nH]ncc4c32)c1. The number of H-pyrrole nitrogens is 1. The number of benzene rings is 2. The van der Waals surface area contributed by atoms with Gasteiger partial charge in [-0.05, 0) is 29.7 Å². The number of nitrogens with one attached hydrogen (secondary N) is 1. The predicted molar refractivity (Wildman–Crippen MR) is 79.9 cm³/mol. The van der Waals surface area contributed by atoms with Crippen molar-refractivity contribution in [2.75, 3.05) is 12.8 Å². The number of pyridine rings is 1. The van der Waals surface area contributed by atoms with Gasteiger partial charge in [0.2, 0.25) is 0 Å². The maximum Gasteiger partial charge on any atom is 0.119 e. The molecule has 2 aromatic carbocycles. The minimum absolute atomic E-state index is 0.648. The van der Waals surface area contributed by atoms with E-state index in [-0.39, 0.29) is 0 Å². The van der Waals surface area contributed by atoms with Crippen molar-refractivity contribution in [1.29, 1.82) is 0 Å². The first-order valence-electron chi connectivity index (χ1n) is 6.26. The van der Waals surface area contributed by atoms with Gasteiger partial charge in [-0.2, -0.15) is 5.10 Å². The van der Waals surface area contributed by atoms with Crippen LogP contribution >= 0.6 is 0 Å². The lowest BCUT2D eigenvalue weighted by Gasteiger charge is -2.08. The number of rotatable bonds is 1. The maximum atomic E-state index is 6.09. The van der Waals surface area contributed by atoms with Crippen LogP contribution in [0.3, 0.4) is 0 Å². The summed E-state index contributed by atoms with van der Waals surface area (Å²) in [6.07, 6.45) is 3.63. The lowest BCUT2D eigenvalue weighted by molar-refractivity contribution is 0.415. The summed E-state index contributed by atoms with van der Waals surface area (Å²) >= 11 is 0. The van der Waals surface area contributed by atoms with Crippen LogP contribution in [-0.2, 0) is 0 Å². The van der Waals surface area contributed by atoms with Gasteiger partial charge in [-0.15, -0.1) is 0 Å². The largest absolute Gasteiger partial charge is 0.497 e. The fourth-order valence-electron chi connectivity index (χ4n) is 2.65. The Morgan fingerprint density at radius 2 is 2.05 bits per heavy atom. The third kappa shape index (κ3) is 1.37. The van der Waals surface area contributed by atoms with Crippen molar-refractivity contribution in [1.82, 2.24) is 15.2 Å². The fraction of sp³-hybridized carbons (Fsp3) is 0.0667. The molecule has 20 heavy (non-hydrogen) atoms. The van der Waals surface area contributed by atoms with Gasteiger partial charge in [-0.1, -0.05) is 0 Å². The summed E-state index contributed by atoms with van der Waals surface area (Å²) in [5.41, 5.74) is 8.46. The minimum Gasteiger partial charge on any atom is -0.497 e. The van der Waals surface area contributed by atoms with Crippen molar-refractivity contribution in [2.24, 2.45) is 0 Å². The Bertz CT molecular complexity index is 958. The highest BCUT2D eigenvalue weighted by atomic mass is 16.5. The first-order chi connectivity index (χ1) is 9.78. The molecule has 0 unspecified atom stereocenters. The molecule has 5 nitrogen and oxygen atoms in total. The average Bonchev–Trinajstić information content (AvgIpc) is 2.94. The van der Waals surface area contributed by atoms with Gasteiger partial charge in [-0.3, -0.25) is 10.1 Å². The molecule has 3 N–H and O–H groups in total. The molecule has 0 atom stereocenters. The molecule has 2 heterocycles. The van der Waals surface area contributed by atoms with Crippen molar-refractivity contribution in [3.05, 3.63) is 36.7 Å². The third-order valence-electron chi connectivity index (χ3n) is 3.61. The Kier molecular flexibility index (Phi) is 2.12. The van der Waals surface area contributed by atoms with Crippen LogP contribution in [-0.4, -0.2) is 22.3 Å². The number of nitrogens with two attached hydrogens (primary N) is 1. The number of aromatic amines is 1. The predicted octanol–water partition coefficient (Wildman–Crippen LogP) is 2.86. The van der Waals surface area contributed by atoms with E-state index in [1.54, 1.807) is 7.11 Å². The number of anilines is 1. The first kappa shape index (κ1) is 11.0. The van der Waals surface area contributed by atoms with Crippen molar-refractivity contribution >= 4 is 38.3 Å². The number of ether oxygens (including phenoxy) is 1. The summed E-state index contributed by atoms with van der Waals surface area (Å²) in [4.78, 5) is 4.49. The zero-order chi connectivity index (χ0) is 13.7. The Morgan fingerprint density at radius 3 is 2.90 bits per heavy atom. The van der Waals surface area contributed by atoms with Crippen LogP contribution in [0.2, 0.25) is 0 Å². The molecule has 0 amide bonds. The van der Waals surface area contributed by atoms with E-state index in [4.69, 9.17) is 10.5 Å². The number of fused-ring (bicyclic) bond motifs is 5. The van der Waals surface area contributed by atoms with E-state index in [2.05, 4.69) is 15.2 Å². The van der Waals surface area contributed by atoms with E-state index in [9.17, 15) is 0 Å². The molecule has 0 bridgehead atoms. The topological polar surface area (TPSA) is 76.8 Å². The standard InChI is InChI=1S/C15H12N4O/c1-20-9-2-3-10-8(4-9)6-17-15-12(16)5-13-11(14(10)15)7-18-19-13/h2-7H,16H2,1H3,(H,18,19). The maximum absolute atomic E-state index is 6.09. The van der Waals surface area contributed by atoms with Gasteiger partial charge < -0.3 is 10.5 Å². The number of methoxy groups -OCH3 is 1. The first-order valence-corrected chi connectivity index (χ1v) is 6.26. The van der Waals surface area contributed by atoms with Crippen LogP contribution in [0.4, 0.5) is 5.69 Å². The summed E-state index contributed by atoms with van der Waals surface area (Å²) in [6, 6.07) is 7.81. The molecule has 2 aromatic heterocycles. The normalized spacial score (nSPS) is 11.4. The van der Waals surface area contributed by atoms with E-state index in [0.717, 1.165) is 38.3 Å². The minimum atomic E-state index is 0.648. The van der Waals surface area contributed by atoms with E-state index in [1.807, 2.05) is 36.7 Å². The van der Waals surface area contributed by atoms with Gasteiger partial charge in [0.1, 0.15) is 5.75 Å². The second kappa shape index (κ2) is 3.84. The molecule has 0 saturated carbocycles. The zero-order valence-electron chi connectivity index (χ0n) is 10.8. The van der Waals surface area contributed by atoms with E-state index >= 15 is 0 Å². The van der Waals surface area contributed by atoms with Crippen LogP contribution in [0.5, 0.6) is 5.75 Å². The molecule has 0 spiro atoms. The molecule has 0 radical (unpaired) electrons. The van der Waals surface area contributed by atoms with E-state index in [1.165, 1.54) is 0 Å². The molecule has 5 heteroatoms. The highest BCUT2D eigenvalue weighted by molar-refractivity contribution is 6.21. The molecule has 0 saturated heterocycles. The van der Waals surface area contributed by atoms with Gasteiger partial charge in [0, 0.05) is 22.4 Å². The summed E-state index contributed by atoms with van der Waals surface area (Å²) in [6.45, 7) is 0. The van der Waals surface area contributed by atoms with Crippen molar-refractivity contribution in [2.45, 2.75) is 0 Å². The average molecular weight is 264 g/mol. The quantitative estimate of drug-likeness (QED) is 0.409. The van der Waals surface area contributed by atoms with Crippen LogP contribution in [0, 0.1) is 0 Å². The van der Waals surface area contributed by atoms with E-state index in [0.29, 0.717) is 5.69 Å². The van der Waals surface area contributed by atoms with Gasteiger partial charge >= 0.3 is 0 Å². The summed E-state index contributed by atoms with van der Waals surface area (Å²) < 4.78 is 5.26. The lowest BCUT2D eigenvalue weighted by Crippen LogP contribution is -1.92. The molecule has 4 rings (SSSR count). The zero-order valence-corrected chi connectivity index (χ0v) is 10.8. The van der Waals surface area contributed by atoms with Crippen molar-refractivity contribution < 1.29 is 4.74 Å². The van der Waals surface area contributed by atoms with Gasteiger partial charge in [0.05, 0.1) is 30.0 Å². The van der Waals surface area contributed by atoms with Crippen LogP contribution < -0.4 is 10.5 Å². The smallest absolute Gasteiger partial charge is 0.119 e. The molecular formula is C15H12N4O. The number of nitrogens with zero attached hydrogens (tertiary/aromatic N) is 2. The highest BCUT2D eigenvalue weighted by Crippen LogP contribution is 2.34. The van der Waals surface area contributed by atoms with Gasteiger partial charge in [0.25, 0.3) is 0 Å². The Hall–Kier alpha value is -2.82. The number of nitrogen functional groups attached to an aromatic ring is 1. The number of hydrogen-bond acceptors (Lipinski definition) is 4. The molecule has 0 aliphatic heterocycles. The summed E-state index contributed by atoms with van der Waals surface area (Å²) in [7, 11) is 1.65.